The molecule has 5 nitrogen and oxygen atoms in total. The lowest BCUT2D eigenvalue weighted by Crippen LogP contribution is -2.32. The van der Waals surface area contributed by atoms with Crippen LogP contribution in [0.15, 0.2) is 29.2 Å². The van der Waals surface area contributed by atoms with Crippen molar-refractivity contribution in [1.82, 2.24) is 10.0 Å². The van der Waals surface area contributed by atoms with Crippen LogP contribution in [0.3, 0.4) is 0 Å². The molecule has 21 heavy (non-hydrogen) atoms. The van der Waals surface area contributed by atoms with E-state index in [4.69, 9.17) is 4.74 Å². The van der Waals surface area contributed by atoms with Crippen molar-refractivity contribution in [3.05, 3.63) is 24.3 Å². The van der Waals surface area contributed by atoms with Crippen LogP contribution in [0.4, 0.5) is 0 Å². The van der Waals surface area contributed by atoms with Gasteiger partial charge in [0.15, 0.2) is 0 Å². The molecule has 0 aliphatic carbocycles. The molecule has 1 rings (SSSR count). The maximum Gasteiger partial charge on any atom is 0.240 e. The van der Waals surface area contributed by atoms with Crippen molar-refractivity contribution in [2.45, 2.75) is 44.0 Å². The van der Waals surface area contributed by atoms with Gasteiger partial charge in [-0.3, -0.25) is 0 Å². The number of rotatable bonds is 10. The molecule has 0 spiro atoms. The highest BCUT2D eigenvalue weighted by Crippen LogP contribution is 2.16. The molecule has 0 aromatic heterocycles. The molecule has 0 aliphatic heterocycles. The van der Waals surface area contributed by atoms with Crippen LogP contribution in [0.1, 0.15) is 33.1 Å². The molecule has 6 heteroatoms. The molecule has 0 aliphatic rings. The lowest BCUT2D eigenvalue weighted by atomic mass is 10.2. The molecule has 2 N–H and O–H groups in total. The molecule has 0 heterocycles. The van der Waals surface area contributed by atoms with Crippen molar-refractivity contribution in [2.24, 2.45) is 0 Å². The number of ether oxygens (including phenoxy) is 1. The van der Waals surface area contributed by atoms with Crippen molar-refractivity contribution in [1.29, 1.82) is 0 Å². The molecule has 0 saturated heterocycles. The third-order valence-electron chi connectivity index (χ3n) is 3.05. The van der Waals surface area contributed by atoms with Gasteiger partial charge in [-0.15, -0.1) is 0 Å². The van der Waals surface area contributed by atoms with E-state index in [1.807, 2.05) is 20.9 Å². The molecule has 1 atom stereocenters. The van der Waals surface area contributed by atoms with E-state index in [0.717, 1.165) is 25.8 Å². The Kier molecular flexibility index (Phi) is 7.71. The molecule has 1 aromatic rings. The Morgan fingerprint density at radius 3 is 2.48 bits per heavy atom. The number of sulfonamides is 1. The van der Waals surface area contributed by atoms with E-state index in [1.54, 1.807) is 24.3 Å². The second kappa shape index (κ2) is 9.02. The van der Waals surface area contributed by atoms with Crippen molar-refractivity contribution < 1.29 is 13.2 Å². The van der Waals surface area contributed by atoms with Gasteiger partial charge in [0.2, 0.25) is 10.0 Å². The second-order valence-electron chi connectivity index (χ2n) is 5.09. The minimum Gasteiger partial charge on any atom is -0.494 e. The highest BCUT2D eigenvalue weighted by molar-refractivity contribution is 7.89. The quantitative estimate of drug-likeness (QED) is 0.649. The normalized spacial score (nSPS) is 13.1. The summed E-state index contributed by atoms with van der Waals surface area (Å²) < 4.78 is 32.6. The highest BCUT2D eigenvalue weighted by Gasteiger charge is 2.16. The minimum atomic E-state index is -3.44. The molecule has 1 unspecified atom stereocenters. The van der Waals surface area contributed by atoms with Crippen LogP contribution in [-0.4, -0.2) is 34.7 Å². The fourth-order valence-electron chi connectivity index (χ4n) is 1.98. The lowest BCUT2D eigenvalue weighted by Gasteiger charge is -2.13. The van der Waals surface area contributed by atoms with Gasteiger partial charge in [0, 0.05) is 6.04 Å². The number of hydrogen-bond donors (Lipinski definition) is 2. The average molecular weight is 314 g/mol. The summed E-state index contributed by atoms with van der Waals surface area (Å²) in [6, 6.07) is 6.48. The van der Waals surface area contributed by atoms with Gasteiger partial charge in [-0.25, -0.2) is 13.1 Å². The summed E-state index contributed by atoms with van der Waals surface area (Å²) in [6.45, 7) is 5.41. The summed E-state index contributed by atoms with van der Waals surface area (Å²) in [5.74, 6) is 0.687. The summed E-state index contributed by atoms with van der Waals surface area (Å²) in [5, 5.41) is 3.04. The predicted octanol–water partition coefficient (Wildman–Crippen LogP) is 2.14. The number of benzene rings is 1. The maximum atomic E-state index is 12.2. The zero-order chi connectivity index (χ0) is 15.7. The first kappa shape index (κ1) is 17.9. The molecular formula is C15H26N2O3S. The average Bonchev–Trinajstić information content (AvgIpc) is 2.44. The van der Waals surface area contributed by atoms with Gasteiger partial charge in [0.05, 0.1) is 11.5 Å². The third-order valence-corrected chi connectivity index (χ3v) is 4.66. The van der Waals surface area contributed by atoms with Gasteiger partial charge >= 0.3 is 0 Å². The summed E-state index contributed by atoms with van der Waals surface area (Å²) >= 11 is 0. The highest BCUT2D eigenvalue weighted by atomic mass is 32.2. The predicted molar refractivity (Wildman–Crippen MR) is 85.2 cm³/mol. The Morgan fingerprint density at radius 1 is 1.24 bits per heavy atom. The fourth-order valence-corrected chi connectivity index (χ4v) is 3.26. The largest absolute Gasteiger partial charge is 0.494 e. The Balaban J connectivity index is 2.59. The zero-order valence-electron chi connectivity index (χ0n) is 13.1. The second-order valence-corrected chi connectivity index (χ2v) is 6.80. The summed E-state index contributed by atoms with van der Waals surface area (Å²) in [4.78, 5) is 0.271. The standard InChI is InChI=1S/C15H26N2O3S/c1-4-6-13(2)17-21(18,19)15-9-7-14(8-10-15)20-12-5-11-16-3/h7-10,13,16-17H,4-6,11-12H2,1-3H3. The molecule has 0 fully saturated rings. The van der Waals surface area contributed by atoms with Crippen LogP contribution in [0.5, 0.6) is 5.75 Å². The van der Waals surface area contributed by atoms with Crippen LogP contribution in [0.2, 0.25) is 0 Å². The maximum absolute atomic E-state index is 12.2. The van der Waals surface area contributed by atoms with Crippen LogP contribution in [0.25, 0.3) is 0 Å². The number of hydrogen-bond acceptors (Lipinski definition) is 4. The fraction of sp³-hybridized carbons (Fsp3) is 0.600. The van der Waals surface area contributed by atoms with E-state index >= 15 is 0 Å². The van der Waals surface area contributed by atoms with Crippen molar-refractivity contribution in [3.8, 4) is 5.75 Å². The first-order valence-corrected chi connectivity index (χ1v) is 8.87. The van der Waals surface area contributed by atoms with Crippen molar-refractivity contribution in [2.75, 3.05) is 20.2 Å². The molecule has 0 saturated carbocycles. The zero-order valence-corrected chi connectivity index (χ0v) is 13.9. The van der Waals surface area contributed by atoms with Crippen molar-refractivity contribution in [3.63, 3.8) is 0 Å². The van der Waals surface area contributed by atoms with Crippen molar-refractivity contribution >= 4 is 10.0 Å². The van der Waals surface area contributed by atoms with Gasteiger partial charge in [-0.2, -0.15) is 0 Å². The van der Waals surface area contributed by atoms with Gasteiger partial charge in [0.25, 0.3) is 0 Å². The van der Waals surface area contributed by atoms with Gasteiger partial charge in [-0.05, 0) is 57.6 Å². The van der Waals surface area contributed by atoms with E-state index in [1.165, 1.54) is 0 Å². The summed E-state index contributed by atoms with van der Waals surface area (Å²) in [6.07, 6.45) is 2.68. The topological polar surface area (TPSA) is 67.4 Å². The minimum absolute atomic E-state index is 0.0579. The first-order chi connectivity index (χ1) is 9.99. The Labute approximate surface area is 128 Å². The van der Waals surface area contributed by atoms with E-state index in [2.05, 4.69) is 10.0 Å². The summed E-state index contributed by atoms with van der Waals surface area (Å²) in [5.41, 5.74) is 0. The number of nitrogens with one attached hydrogen (secondary N) is 2. The van der Waals surface area contributed by atoms with E-state index in [0.29, 0.717) is 12.4 Å². The van der Waals surface area contributed by atoms with Crippen LogP contribution in [0, 0.1) is 0 Å². The van der Waals surface area contributed by atoms with Crippen LogP contribution in [-0.2, 0) is 10.0 Å². The van der Waals surface area contributed by atoms with Gasteiger partial charge in [-0.1, -0.05) is 13.3 Å². The Bertz CT molecular complexity index is 500. The SMILES string of the molecule is CCCC(C)NS(=O)(=O)c1ccc(OCCCNC)cc1. The monoisotopic (exact) mass is 314 g/mol. The molecule has 0 amide bonds. The molecule has 1 aromatic carbocycles. The van der Waals surface area contributed by atoms with Gasteiger partial charge < -0.3 is 10.1 Å². The lowest BCUT2D eigenvalue weighted by molar-refractivity contribution is 0.309. The van der Waals surface area contributed by atoms with Crippen LogP contribution < -0.4 is 14.8 Å². The first-order valence-electron chi connectivity index (χ1n) is 7.39. The Hall–Kier alpha value is -1.11. The molecule has 120 valence electrons. The third kappa shape index (κ3) is 6.46. The van der Waals surface area contributed by atoms with Crippen LogP contribution >= 0.6 is 0 Å². The van der Waals surface area contributed by atoms with E-state index in [-0.39, 0.29) is 10.9 Å². The van der Waals surface area contributed by atoms with E-state index < -0.39 is 10.0 Å². The Morgan fingerprint density at radius 2 is 1.90 bits per heavy atom. The summed E-state index contributed by atoms with van der Waals surface area (Å²) in [7, 11) is -1.55. The smallest absolute Gasteiger partial charge is 0.240 e. The molecule has 0 radical (unpaired) electrons. The molecular weight excluding hydrogens is 288 g/mol. The van der Waals surface area contributed by atoms with Gasteiger partial charge in [0.1, 0.15) is 5.75 Å². The van der Waals surface area contributed by atoms with E-state index in [9.17, 15) is 8.42 Å². The molecule has 0 bridgehead atoms.